The van der Waals surface area contributed by atoms with Crippen molar-refractivity contribution >= 4 is 51.3 Å². The van der Waals surface area contributed by atoms with E-state index in [1.807, 2.05) is 66.7 Å². The van der Waals surface area contributed by atoms with Crippen LogP contribution in [0.5, 0.6) is 0 Å². The molecule has 0 bridgehead atoms. The van der Waals surface area contributed by atoms with Crippen molar-refractivity contribution in [2.75, 3.05) is 36.0 Å². The topological polar surface area (TPSA) is 36.4 Å². The normalized spacial score (nSPS) is 10.5. The third-order valence-electron chi connectivity index (χ3n) is 5.76. The Morgan fingerprint density at radius 2 is 1.41 bits per heavy atom. The molecule has 0 spiro atoms. The van der Waals surface area contributed by atoms with E-state index in [4.69, 9.17) is 0 Å². The lowest BCUT2D eigenvalue weighted by Gasteiger charge is -2.31. The van der Waals surface area contributed by atoms with Gasteiger partial charge in [0.25, 0.3) is 0 Å². The number of thiazole rings is 1. The first-order valence-electron chi connectivity index (χ1n) is 11.8. The van der Waals surface area contributed by atoms with Gasteiger partial charge >= 0.3 is 0 Å². The fourth-order valence-corrected chi connectivity index (χ4v) is 5.12. The number of anilines is 2. The van der Waals surface area contributed by atoms with Gasteiger partial charge in [-0.2, -0.15) is 0 Å². The molecule has 6 heteroatoms. The van der Waals surface area contributed by atoms with Crippen LogP contribution in [0.15, 0.2) is 77.1 Å². The van der Waals surface area contributed by atoms with E-state index in [0.717, 1.165) is 58.5 Å². The number of hydrogen-bond acceptors (Lipinski definition) is 6. The number of fused-ring (bicyclic) bond motifs is 1. The molecule has 0 atom stereocenters. The number of thiol groups is 1. The van der Waals surface area contributed by atoms with Gasteiger partial charge in [-0.05, 0) is 52.0 Å². The molecule has 0 aliphatic heterocycles. The van der Waals surface area contributed by atoms with Crippen molar-refractivity contribution in [3.05, 3.63) is 83.9 Å². The third kappa shape index (κ3) is 5.99. The first kappa shape index (κ1) is 25.8. The van der Waals surface area contributed by atoms with Crippen LogP contribution in [0.2, 0.25) is 0 Å². The van der Waals surface area contributed by atoms with Crippen molar-refractivity contribution in [3.63, 3.8) is 0 Å². The monoisotopic (exact) mass is 491 g/mol. The van der Waals surface area contributed by atoms with Gasteiger partial charge in [-0.15, -0.1) is 24.0 Å². The molecule has 0 amide bonds. The molecular formula is C28H33N3OS2. The lowest BCUT2D eigenvalue weighted by molar-refractivity contribution is 0.103. The van der Waals surface area contributed by atoms with E-state index >= 15 is 0 Å². The molecule has 0 aliphatic rings. The molecule has 0 N–H and O–H groups in total. The van der Waals surface area contributed by atoms with Crippen molar-refractivity contribution in [1.29, 1.82) is 0 Å². The second kappa shape index (κ2) is 12.6. The predicted octanol–water partition coefficient (Wildman–Crippen LogP) is 7.20. The molecule has 0 fully saturated rings. The molecule has 4 aromatic rings. The van der Waals surface area contributed by atoms with Crippen molar-refractivity contribution < 1.29 is 4.79 Å². The van der Waals surface area contributed by atoms with E-state index in [2.05, 4.69) is 61.2 Å². The molecule has 4 rings (SSSR count). The Labute approximate surface area is 212 Å². The van der Waals surface area contributed by atoms with Crippen LogP contribution < -0.4 is 9.80 Å². The minimum atomic E-state index is 0.0894. The maximum atomic E-state index is 13.1. The van der Waals surface area contributed by atoms with Crippen LogP contribution in [-0.4, -0.2) is 36.9 Å². The van der Waals surface area contributed by atoms with Gasteiger partial charge in [0.15, 0.2) is 5.78 Å². The van der Waals surface area contributed by atoms with Gasteiger partial charge in [0, 0.05) is 37.3 Å². The lowest BCUT2D eigenvalue weighted by Crippen LogP contribution is -2.30. The van der Waals surface area contributed by atoms with Crippen molar-refractivity contribution in [1.82, 2.24) is 4.98 Å². The Bertz CT molecular complexity index is 1170. The number of para-hydroxylation sites is 2. The van der Waals surface area contributed by atoms with Crippen LogP contribution in [0.25, 0.3) is 10.2 Å². The molecule has 0 saturated carbocycles. The summed E-state index contributed by atoms with van der Waals surface area (Å²) in [5.74, 6) is 0.0894. The summed E-state index contributed by atoms with van der Waals surface area (Å²) in [7, 11) is 0. The molecule has 1 aromatic heterocycles. The quantitative estimate of drug-likeness (QED) is 0.209. The predicted molar refractivity (Wildman–Crippen MR) is 150 cm³/mol. The van der Waals surface area contributed by atoms with Crippen molar-refractivity contribution in [2.24, 2.45) is 0 Å². The Kier molecular flexibility index (Phi) is 9.54. The van der Waals surface area contributed by atoms with Crippen molar-refractivity contribution in [3.8, 4) is 0 Å². The second-order valence-electron chi connectivity index (χ2n) is 7.68. The van der Waals surface area contributed by atoms with Crippen LogP contribution in [0.4, 0.5) is 11.4 Å². The van der Waals surface area contributed by atoms with Gasteiger partial charge in [0.1, 0.15) is 4.34 Å². The number of carbonyl (C=O) groups is 1. The molecule has 0 unspecified atom stereocenters. The van der Waals surface area contributed by atoms with Gasteiger partial charge in [-0.1, -0.05) is 48.5 Å². The first-order chi connectivity index (χ1) is 16.5. The molecule has 34 heavy (non-hydrogen) atoms. The zero-order valence-electron chi connectivity index (χ0n) is 20.4. The molecule has 3 aromatic carbocycles. The van der Waals surface area contributed by atoms with Crippen LogP contribution in [0.1, 0.15) is 43.6 Å². The number of hydrogen-bond donors (Lipinski definition) is 1. The second-order valence-corrected chi connectivity index (χ2v) is 9.43. The number of carbonyl (C=O) groups excluding carboxylic acids is 1. The standard InChI is InChI=1S/C21H28N2O.C7H5NS2/c1-5-22(6-2)19-16-12-15-18(20(19)23(7-3)8-4)21(24)17-13-10-9-11-14-17;9-7-8-5-3-1-2-4-6(5)10-7/h9-16H,5-8H2,1-4H3;1-4H,(H,8,9). The Balaban J connectivity index is 0.000000266. The zero-order valence-corrected chi connectivity index (χ0v) is 22.1. The SMILES string of the molecule is CCN(CC)c1cccc(C(=O)c2ccccc2)c1N(CC)CC.Sc1nc2ccccc2s1. The summed E-state index contributed by atoms with van der Waals surface area (Å²) in [6, 6.07) is 23.7. The molecule has 0 saturated heterocycles. The van der Waals surface area contributed by atoms with Crippen molar-refractivity contribution in [2.45, 2.75) is 32.0 Å². The molecule has 1 heterocycles. The van der Waals surface area contributed by atoms with Gasteiger partial charge in [-0.25, -0.2) is 4.98 Å². The smallest absolute Gasteiger partial charge is 0.195 e. The van der Waals surface area contributed by atoms with Crippen LogP contribution in [0, 0.1) is 0 Å². The highest BCUT2D eigenvalue weighted by Crippen LogP contribution is 2.34. The largest absolute Gasteiger partial charge is 0.370 e. The lowest BCUT2D eigenvalue weighted by atomic mass is 9.99. The molecule has 0 aliphatic carbocycles. The van der Waals surface area contributed by atoms with Crippen LogP contribution in [0.3, 0.4) is 0 Å². The number of nitrogens with zero attached hydrogens (tertiary/aromatic N) is 3. The Hall–Kier alpha value is -2.83. The number of aromatic nitrogens is 1. The molecular weight excluding hydrogens is 458 g/mol. The Morgan fingerprint density at radius 3 is 2.03 bits per heavy atom. The first-order valence-corrected chi connectivity index (χ1v) is 13.1. The molecule has 0 radical (unpaired) electrons. The number of rotatable bonds is 8. The van der Waals surface area contributed by atoms with Crippen LogP contribution >= 0.6 is 24.0 Å². The fourth-order valence-electron chi connectivity index (χ4n) is 4.01. The maximum Gasteiger partial charge on any atom is 0.195 e. The average Bonchev–Trinajstić information content (AvgIpc) is 3.26. The minimum Gasteiger partial charge on any atom is -0.370 e. The van der Waals surface area contributed by atoms with Gasteiger partial charge in [0.2, 0.25) is 0 Å². The molecule has 4 nitrogen and oxygen atoms in total. The summed E-state index contributed by atoms with van der Waals surface area (Å²) < 4.78 is 2.04. The minimum absolute atomic E-state index is 0.0894. The average molecular weight is 492 g/mol. The van der Waals surface area contributed by atoms with E-state index in [1.165, 1.54) is 4.70 Å². The van der Waals surface area contributed by atoms with Gasteiger partial charge in [0.05, 0.1) is 21.6 Å². The summed E-state index contributed by atoms with van der Waals surface area (Å²) in [4.78, 5) is 21.9. The summed E-state index contributed by atoms with van der Waals surface area (Å²) in [6.07, 6.45) is 0. The van der Waals surface area contributed by atoms with E-state index in [1.54, 1.807) is 11.3 Å². The van der Waals surface area contributed by atoms with Crippen LogP contribution in [-0.2, 0) is 0 Å². The third-order valence-corrected chi connectivity index (χ3v) is 6.97. The van der Waals surface area contributed by atoms with E-state index in [0.29, 0.717) is 0 Å². The summed E-state index contributed by atoms with van der Waals surface area (Å²) in [6.45, 7) is 12.2. The highest BCUT2D eigenvalue weighted by molar-refractivity contribution is 7.82. The molecule has 178 valence electrons. The Morgan fingerprint density at radius 1 is 0.794 bits per heavy atom. The number of benzene rings is 3. The van der Waals surface area contributed by atoms with E-state index in [-0.39, 0.29) is 5.78 Å². The van der Waals surface area contributed by atoms with E-state index < -0.39 is 0 Å². The summed E-state index contributed by atoms with van der Waals surface area (Å²) in [5.41, 5.74) is 4.76. The zero-order chi connectivity index (χ0) is 24.5. The van der Waals surface area contributed by atoms with E-state index in [9.17, 15) is 4.79 Å². The number of ketones is 1. The van der Waals surface area contributed by atoms with Gasteiger partial charge in [-0.3, -0.25) is 4.79 Å². The summed E-state index contributed by atoms with van der Waals surface area (Å²) >= 11 is 5.76. The maximum absolute atomic E-state index is 13.1. The fraction of sp³-hybridized carbons (Fsp3) is 0.286. The van der Waals surface area contributed by atoms with Gasteiger partial charge < -0.3 is 9.80 Å². The highest BCUT2D eigenvalue weighted by Gasteiger charge is 2.21. The summed E-state index contributed by atoms with van der Waals surface area (Å²) in [5, 5.41) is 0. The highest BCUT2D eigenvalue weighted by atomic mass is 32.2.